The number of carbonyl (C=O) groups is 3. The average molecular weight is 356 g/mol. The topological polar surface area (TPSA) is 57.7 Å². The summed E-state index contributed by atoms with van der Waals surface area (Å²) in [6.45, 7) is 4.84. The Morgan fingerprint density at radius 1 is 1.12 bits per heavy atom. The number of hydrogen-bond donors (Lipinski definition) is 0. The number of carbonyl (C=O) groups excluding carboxylic acids is 3. The van der Waals surface area contributed by atoms with Gasteiger partial charge in [-0.2, -0.15) is 0 Å². The third-order valence-corrected chi connectivity index (χ3v) is 5.81. The number of fused-ring (bicyclic) bond motifs is 1. The number of nitrogens with zero attached hydrogens (tertiary/aromatic N) is 2. The molecule has 1 aromatic rings. The van der Waals surface area contributed by atoms with E-state index in [4.69, 9.17) is 0 Å². The number of amides is 3. The lowest BCUT2D eigenvalue weighted by Crippen LogP contribution is -2.36. The van der Waals surface area contributed by atoms with E-state index < -0.39 is 0 Å². The first-order chi connectivity index (χ1) is 12.4. The summed E-state index contributed by atoms with van der Waals surface area (Å²) in [6.07, 6.45) is 3.86. The number of imide groups is 1. The minimum atomic E-state index is -0.140. The fourth-order valence-electron chi connectivity index (χ4n) is 4.22. The van der Waals surface area contributed by atoms with Crippen LogP contribution in [0.2, 0.25) is 0 Å². The van der Waals surface area contributed by atoms with Crippen LogP contribution in [0.15, 0.2) is 18.2 Å². The van der Waals surface area contributed by atoms with Gasteiger partial charge in [0.1, 0.15) is 0 Å². The van der Waals surface area contributed by atoms with Gasteiger partial charge in [-0.25, -0.2) is 0 Å². The van der Waals surface area contributed by atoms with Gasteiger partial charge in [-0.3, -0.25) is 19.3 Å². The van der Waals surface area contributed by atoms with Crippen LogP contribution in [0.3, 0.4) is 0 Å². The highest BCUT2D eigenvalue weighted by molar-refractivity contribution is 6.05. The van der Waals surface area contributed by atoms with Crippen molar-refractivity contribution in [1.29, 1.82) is 0 Å². The fraction of sp³-hybridized carbons (Fsp3) is 0.571. The molecule has 1 aromatic carbocycles. The van der Waals surface area contributed by atoms with E-state index in [1.807, 2.05) is 26.0 Å². The normalized spacial score (nSPS) is 22.5. The Balaban J connectivity index is 1.56. The Bertz CT molecular complexity index is 704. The van der Waals surface area contributed by atoms with Crippen LogP contribution in [0, 0.1) is 25.7 Å². The smallest absolute Gasteiger partial charge is 0.233 e. The standard InChI is InChI=1S/C21H28N2O3/c1-14-8-9-16(15(2)12-14)13-22(3)19(24)10-11-23-20(25)17-6-4-5-7-18(17)21(23)26/h8-9,12,17-18H,4-7,10-11,13H2,1-3H3/t17-,18-/m1/s1. The van der Waals surface area contributed by atoms with Crippen LogP contribution in [0.1, 0.15) is 48.8 Å². The molecule has 5 nitrogen and oxygen atoms in total. The van der Waals surface area contributed by atoms with E-state index in [1.165, 1.54) is 16.0 Å². The number of rotatable bonds is 5. The molecule has 0 radical (unpaired) electrons. The van der Waals surface area contributed by atoms with Crippen molar-refractivity contribution in [1.82, 2.24) is 9.80 Å². The lowest BCUT2D eigenvalue weighted by molar-refractivity contribution is -0.140. The summed E-state index contributed by atoms with van der Waals surface area (Å²) in [5.41, 5.74) is 3.48. The minimum absolute atomic E-state index is 0.0413. The Hall–Kier alpha value is -2.17. The third-order valence-electron chi connectivity index (χ3n) is 5.81. The average Bonchev–Trinajstić information content (AvgIpc) is 2.86. The maximum atomic E-state index is 12.5. The molecule has 1 saturated heterocycles. The van der Waals surface area contributed by atoms with Gasteiger partial charge < -0.3 is 4.90 Å². The molecular formula is C21H28N2O3. The summed E-state index contributed by atoms with van der Waals surface area (Å²) in [5.74, 6) is -0.451. The van der Waals surface area contributed by atoms with E-state index in [0.29, 0.717) is 6.54 Å². The van der Waals surface area contributed by atoms with Crippen LogP contribution in [-0.4, -0.2) is 41.1 Å². The summed E-state index contributed by atoms with van der Waals surface area (Å²) < 4.78 is 0. The second-order valence-electron chi connectivity index (χ2n) is 7.76. The summed E-state index contributed by atoms with van der Waals surface area (Å²) in [6, 6.07) is 6.20. The number of hydrogen-bond acceptors (Lipinski definition) is 3. The zero-order chi connectivity index (χ0) is 18.8. The van der Waals surface area contributed by atoms with E-state index >= 15 is 0 Å². The highest BCUT2D eigenvalue weighted by Gasteiger charge is 2.47. The second-order valence-corrected chi connectivity index (χ2v) is 7.76. The van der Waals surface area contributed by atoms with Crippen molar-refractivity contribution >= 4 is 17.7 Å². The van der Waals surface area contributed by atoms with E-state index in [-0.39, 0.29) is 42.5 Å². The molecule has 0 bridgehead atoms. The van der Waals surface area contributed by atoms with Crippen molar-refractivity contribution in [3.8, 4) is 0 Å². The maximum absolute atomic E-state index is 12.5. The van der Waals surface area contributed by atoms with E-state index in [9.17, 15) is 14.4 Å². The van der Waals surface area contributed by atoms with Crippen LogP contribution in [0.5, 0.6) is 0 Å². The summed E-state index contributed by atoms with van der Waals surface area (Å²) in [4.78, 5) is 40.5. The van der Waals surface area contributed by atoms with Crippen molar-refractivity contribution < 1.29 is 14.4 Å². The zero-order valence-electron chi connectivity index (χ0n) is 16.0. The first kappa shape index (κ1) is 18.6. The monoisotopic (exact) mass is 356 g/mol. The Kier molecular flexibility index (Phi) is 5.44. The van der Waals surface area contributed by atoms with E-state index in [1.54, 1.807) is 11.9 Å². The van der Waals surface area contributed by atoms with Crippen molar-refractivity contribution in [2.24, 2.45) is 11.8 Å². The maximum Gasteiger partial charge on any atom is 0.233 e. The summed E-state index contributed by atoms with van der Waals surface area (Å²) in [5, 5.41) is 0. The number of likely N-dealkylation sites (tertiary alicyclic amines) is 1. The van der Waals surface area contributed by atoms with Crippen molar-refractivity contribution in [3.05, 3.63) is 34.9 Å². The van der Waals surface area contributed by atoms with Crippen LogP contribution in [-0.2, 0) is 20.9 Å². The Labute approximate surface area is 155 Å². The molecule has 1 aliphatic carbocycles. The first-order valence-electron chi connectivity index (χ1n) is 9.54. The highest BCUT2D eigenvalue weighted by atomic mass is 16.2. The fourth-order valence-corrected chi connectivity index (χ4v) is 4.22. The third kappa shape index (κ3) is 3.67. The quantitative estimate of drug-likeness (QED) is 0.762. The molecule has 26 heavy (non-hydrogen) atoms. The van der Waals surface area contributed by atoms with E-state index in [2.05, 4.69) is 6.07 Å². The summed E-state index contributed by atoms with van der Waals surface area (Å²) in [7, 11) is 1.77. The van der Waals surface area contributed by atoms with Gasteiger partial charge in [0.05, 0.1) is 11.8 Å². The van der Waals surface area contributed by atoms with Crippen LogP contribution < -0.4 is 0 Å². The molecule has 0 N–H and O–H groups in total. The molecule has 3 rings (SSSR count). The minimum Gasteiger partial charge on any atom is -0.341 e. The van der Waals surface area contributed by atoms with Crippen molar-refractivity contribution in [3.63, 3.8) is 0 Å². The summed E-state index contributed by atoms with van der Waals surface area (Å²) >= 11 is 0. The lowest BCUT2D eigenvalue weighted by Gasteiger charge is -2.21. The molecule has 5 heteroatoms. The predicted molar refractivity (Wildman–Crippen MR) is 99.2 cm³/mol. The van der Waals surface area contributed by atoms with Crippen molar-refractivity contribution in [2.75, 3.05) is 13.6 Å². The molecule has 140 valence electrons. The van der Waals surface area contributed by atoms with Crippen LogP contribution in [0.25, 0.3) is 0 Å². The molecule has 1 heterocycles. The van der Waals surface area contributed by atoms with Crippen LogP contribution in [0.4, 0.5) is 0 Å². The van der Waals surface area contributed by atoms with Gasteiger partial charge in [-0.15, -0.1) is 0 Å². The van der Waals surface area contributed by atoms with Gasteiger partial charge in [0, 0.05) is 26.6 Å². The zero-order valence-corrected chi connectivity index (χ0v) is 16.0. The molecule has 2 fully saturated rings. The van der Waals surface area contributed by atoms with Gasteiger partial charge in [-0.1, -0.05) is 36.6 Å². The molecule has 1 saturated carbocycles. The molecule has 0 aromatic heterocycles. The largest absolute Gasteiger partial charge is 0.341 e. The van der Waals surface area contributed by atoms with Gasteiger partial charge in [-0.05, 0) is 37.8 Å². The first-order valence-corrected chi connectivity index (χ1v) is 9.54. The molecule has 2 atom stereocenters. The second kappa shape index (κ2) is 7.60. The van der Waals surface area contributed by atoms with Gasteiger partial charge in [0.15, 0.2) is 0 Å². The molecule has 2 aliphatic rings. The molecular weight excluding hydrogens is 328 g/mol. The van der Waals surface area contributed by atoms with E-state index in [0.717, 1.165) is 31.2 Å². The van der Waals surface area contributed by atoms with Gasteiger partial charge >= 0.3 is 0 Å². The lowest BCUT2D eigenvalue weighted by atomic mass is 9.81. The number of aryl methyl sites for hydroxylation is 2. The molecule has 1 aliphatic heterocycles. The Morgan fingerprint density at radius 2 is 1.73 bits per heavy atom. The highest BCUT2D eigenvalue weighted by Crippen LogP contribution is 2.38. The Morgan fingerprint density at radius 3 is 2.31 bits per heavy atom. The molecule has 0 unspecified atom stereocenters. The molecule has 3 amide bonds. The molecule has 0 spiro atoms. The van der Waals surface area contributed by atoms with Crippen molar-refractivity contribution in [2.45, 2.75) is 52.5 Å². The van der Waals surface area contributed by atoms with Crippen LogP contribution >= 0.6 is 0 Å². The van der Waals surface area contributed by atoms with Gasteiger partial charge in [0.25, 0.3) is 0 Å². The SMILES string of the molecule is Cc1ccc(CN(C)C(=O)CCN2C(=O)[C@@H]3CCCC[C@H]3C2=O)c(C)c1. The number of benzene rings is 1. The predicted octanol–water partition coefficient (Wildman–Crippen LogP) is 2.83. The van der Waals surface area contributed by atoms with Gasteiger partial charge in [0.2, 0.25) is 17.7 Å².